The van der Waals surface area contributed by atoms with Crippen LogP contribution in [0.25, 0.3) is 0 Å². The molecule has 1 aliphatic heterocycles. The topological polar surface area (TPSA) is 76.2 Å². The van der Waals surface area contributed by atoms with Crippen molar-refractivity contribution >= 4 is 17.5 Å². The maximum atomic E-state index is 12.0. The summed E-state index contributed by atoms with van der Waals surface area (Å²) < 4.78 is 1.57. The number of nitrogens with two attached hydrogens (primary N) is 1. The zero-order valence-electron chi connectivity index (χ0n) is 10.3. The van der Waals surface area contributed by atoms with E-state index in [2.05, 4.69) is 17.3 Å². The molecule has 3 N–H and O–H groups in total. The molecular formula is C11H19N5O. The van der Waals surface area contributed by atoms with Gasteiger partial charge in [0, 0.05) is 20.1 Å². The normalized spacial score (nSPS) is 20.4. The molecular weight excluding hydrogens is 218 g/mol. The Hall–Kier alpha value is -1.72. The second kappa shape index (κ2) is 4.65. The summed E-state index contributed by atoms with van der Waals surface area (Å²) in [5.74, 6) is 1.13. The van der Waals surface area contributed by atoms with Gasteiger partial charge < -0.3 is 10.6 Å². The molecule has 0 aromatic carbocycles. The van der Waals surface area contributed by atoms with E-state index in [-0.39, 0.29) is 6.03 Å². The molecule has 0 aliphatic carbocycles. The Morgan fingerprint density at radius 2 is 2.41 bits per heavy atom. The summed E-state index contributed by atoms with van der Waals surface area (Å²) in [6.45, 7) is 3.79. The molecule has 1 atom stereocenters. The van der Waals surface area contributed by atoms with Crippen molar-refractivity contribution in [1.82, 2.24) is 14.7 Å². The van der Waals surface area contributed by atoms with Crippen molar-refractivity contribution < 1.29 is 4.79 Å². The first-order chi connectivity index (χ1) is 8.08. The molecule has 6 heteroatoms. The van der Waals surface area contributed by atoms with Gasteiger partial charge in [-0.15, -0.1) is 0 Å². The average Bonchev–Trinajstić information content (AvgIpc) is 2.61. The van der Waals surface area contributed by atoms with Crippen molar-refractivity contribution in [1.29, 1.82) is 0 Å². The molecule has 2 rings (SSSR count). The molecule has 0 saturated carbocycles. The van der Waals surface area contributed by atoms with Crippen LogP contribution < -0.4 is 11.1 Å². The van der Waals surface area contributed by atoms with Gasteiger partial charge in [-0.1, -0.05) is 6.92 Å². The molecule has 0 spiro atoms. The van der Waals surface area contributed by atoms with E-state index in [9.17, 15) is 4.79 Å². The van der Waals surface area contributed by atoms with Crippen LogP contribution >= 0.6 is 0 Å². The molecule has 17 heavy (non-hydrogen) atoms. The van der Waals surface area contributed by atoms with E-state index in [0.717, 1.165) is 19.5 Å². The van der Waals surface area contributed by atoms with Gasteiger partial charge in [-0.2, -0.15) is 5.10 Å². The number of likely N-dealkylation sites (tertiary alicyclic amines) is 1. The van der Waals surface area contributed by atoms with E-state index in [4.69, 9.17) is 5.73 Å². The Bertz CT molecular complexity index is 394. The number of urea groups is 1. The van der Waals surface area contributed by atoms with Gasteiger partial charge in [0.25, 0.3) is 0 Å². The Labute approximate surface area is 101 Å². The third kappa shape index (κ3) is 2.51. The zero-order chi connectivity index (χ0) is 12.4. The van der Waals surface area contributed by atoms with Gasteiger partial charge in [0.1, 0.15) is 0 Å². The summed E-state index contributed by atoms with van der Waals surface area (Å²) in [5, 5.41) is 6.80. The Morgan fingerprint density at radius 1 is 1.65 bits per heavy atom. The van der Waals surface area contributed by atoms with Crippen molar-refractivity contribution in [3.8, 4) is 0 Å². The van der Waals surface area contributed by atoms with Crippen LogP contribution in [0.5, 0.6) is 0 Å². The highest BCUT2D eigenvalue weighted by Crippen LogP contribution is 2.19. The van der Waals surface area contributed by atoms with Gasteiger partial charge in [-0.05, 0) is 18.8 Å². The number of nitrogens with zero attached hydrogens (tertiary/aromatic N) is 3. The third-order valence-electron chi connectivity index (χ3n) is 3.14. The number of carbonyl (C=O) groups is 1. The highest BCUT2D eigenvalue weighted by Gasteiger charge is 2.22. The van der Waals surface area contributed by atoms with Crippen LogP contribution in [0.1, 0.15) is 19.8 Å². The van der Waals surface area contributed by atoms with Gasteiger partial charge in [0.05, 0.1) is 11.9 Å². The predicted molar refractivity (Wildman–Crippen MR) is 66.6 cm³/mol. The highest BCUT2D eigenvalue weighted by molar-refractivity contribution is 5.91. The Balaban J connectivity index is 2.01. The molecule has 1 unspecified atom stereocenters. The van der Waals surface area contributed by atoms with Gasteiger partial charge in [0.15, 0.2) is 5.82 Å². The fraction of sp³-hybridized carbons (Fsp3) is 0.636. The van der Waals surface area contributed by atoms with E-state index < -0.39 is 0 Å². The number of anilines is 2. The van der Waals surface area contributed by atoms with E-state index in [1.807, 2.05) is 4.90 Å². The van der Waals surface area contributed by atoms with Crippen molar-refractivity contribution in [3.63, 3.8) is 0 Å². The molecule has 1 fully saturated rings. The molecule has 94 valence electrons. The molecule has 0 bridgehead atoms. The number of hydrogen-bond donors (Lipinski definition) is 2. The van der Waals surface area contributed by atoms with Gasteiger partial charge >= 0.3 is 6.03 Å². The summed E-state index contributed by atoms with van der Waals surface area (Å²) in [6, 6.07) is -0.0909. The van der Waals surface area contributed by atoms with Crippen LogP contribution in [0.15, 0.2) is 6.20 Å². The van der Waals surface area contributed by atoms with Crippen LogP contribution in [0.4, 0.5) is 16.3 Å². The third-order valence-corrected chi connectivity index (χ3v) is 3.14. The second-order valence-electron chi connectivity index (χ2n) is 4.70. The van der Waals surface area contributed by atoms with Crippen LogP contribution in [-0.4, -0.2) is 33.8 Å². The monoisotopic (exact) mass is 237 g/mol. The van der Waals surface area contributed by atoms with E-state index in [1.165, 1.54) is 12.6 Å². The number of nitrogens with one attached hydrogen (secondary N) is 1. The van der Waals surface area contributed by atoms with Crippen LogP contribution in [0.3, 0.4) is 0 Å². The quantitative estimate of drug-likeness (QED) is 0.772. The summed E-state index contributed by atoms with van der Waals surface area (Å²) in [5.41, 5.74) is 6.22. The number of rotatable bonds is 1. The van der Waals surface area contributed by atoms with Crippen molar-refractivity contribution in [2.75, 3.05) is 24.1 Å². The smallest absolute Gasteiger partial charge is 0.323 e. The highest BCUT2D eigenvalue weighted by atomic mass is 16.2. The lowest BCUT2D eigenvalue weighted by Crippen LogP contribution is -2.42. The van der Waals surface area contributed by atoms with Gasteiger partial charge in [-0.25, -0.2) is 4.79 Å². The summed E-state index contributed by atoms with van der Waals surface area (Å²) in [4.78, 5) is 13.9. The maximum absolute atomic E-state index is 12.0. The minimum atomic E-state index is -0.0909. The Morgan fingerprint density at radius 3 is 3.00 bits per heavy atom. The van der Waals surface area contributed by atoms with Crippen molar-refractivity contribution in [2.45, 2.75) is 19.8 Å². The fourth-order valence-electron chi connectivity index (χ4n) is 2.16. The lowest BCUT2D eigenvalue weighted by molar-refractivity contribution is 0.182. The number of carbonyl (C=O) groups excluding carboxylic acids is 1. The first-order valence-electron chi connectivity index (χ1n) is 5.91. The van der Waals surface area contributed by atoms with Crippen LogP contribution in [0.2, 0.25) is 0 Å². The van der Waals surface area contributed by atoms with Gasteiger partial charge in [0.2, 0.25) is 0 Å². The van der Waals surface area contributed by atoms with Crippen LogP contribution in [0, 0.1) is 5.92 Å². The van der Waals surface area contributed by atoms with E-state index in [1.54, 1.807) is 11.7 Å². The Kier molecular flexibility index (Phi) is 3.21. The molecule has 2 amide bonds. The maximum Gasteiger partial charge on any atom is 0.323 e. The average molecular weight is 237 g/mol. The minimum absolute atomic E-state index is 0.0909. The number of amides is 2. The number of piperidine rings is 1. The zero-order valence-corrected chi connectivity index (χ0v) is 10.3. The summed E-state index contributed by atoms with van der Waals surface area (Å²) in [7, 11) is 1.75. The first kappa shape index (κ1) is 11.8. The molecule has 1 aliphatic rings. The lowest BCUT2D eigenvalue weighted by atomic mass is 10.0. The largest absolute Gasteiger partial charge is 0.394 e. The van der Waals surface area contributed by atoms with Crippen LogP contribution in [-0.2, 0) is 7.05 Å². The van der Waals surface area contributed by atoms with Crippen molar-refractivity contribution in [2.24, 2.45) is 13.0 Å². The first-order valence-corrected chi connectivity index (χ1v) is 5.91. The molecule has 2 heterocycles. The summed E-state index contributed by atoms with van der Waals surface area (Å²) in [6.07, 6.45) is 3.79. The molecule has 0 radical (unpaired) electrons. The molecule has 1 aromatic rings. The number of aryl methyl sites for hydroxylation is 1. The predicted octanol–water partition coefficient (Wildman–Crippen LogP) is 1.27. The molecule has 1 aromatic heterocycles. The second-order valence-corrected chi connectivity index (χ2v) is 4.70. The number of aromatic nitrogens is 2. The fourth-order valence-corrected chi connectivity index (χ4v) is 2.16. The SMILES string of the molecule is CC1CCCN(C(=O)Nc2c(N)cnn2C)C1. The standard InChI is InChI=1S/C11H19N5O/c1-8-4-3-5-16(7-8)11(17)14-10-9(12)6-13-15(10)2/h6,8H,3-5,7,12H2,1-2H3,(H,14,17). The van der Waals surface area contributed by atoms with E-state index >= 15 is 0 Å². The van der Waals surface area contributed by atoms with Gasteiger partial charge in [-0.3, -0.25) is 10.00 Å². The molecule has 6 nitrogen and oxygen atoms in total. The minimum Gasteiger partial charge on any atom is -0.394 e. The number of hydrogen-bond acceptors (Lipinski definition) is 3. The summed E-state index contributed by atoms with van der Waals surface area (Å²) >= 11 is 0. The van der Waals surface area contributed by atoms with Crippen molar-refractivity contribution in [3.05, 3.63) is 6.20 Å². The lowest BCUT2D eigenvalue weighted by Gasteiger charge is -2.30. The number of nitrogen functional groups attached to an aromatic ring is 1. The molecule has 1 saturated heterocycles. The van der Waals surface area contributed by atoms with E-state index in [0.29, 0.717) is 17.4 Å².